The molecular formula is C6H8N2OP. The van der Waals surface area contributed by atoms with E-state index < -0.39 is 7.44 Å². The van der Waals surface area contributed by atoms with E-state index in [2.05, 4.69) is 6.07 Å². The second kappa shape index (κ2) is 2.54. The smallest absolute Gasteiger partial charge is 0.235 e. The zero-order valence-electron chi connectivity index (χ0n) is 5.32. The minimum atomic E-state index is -3.07. The van der Waals surface area contributed by atoms with Crippen molar-refractivity contribution in [1.29, 1.82) is 0 Å². The fraction of sp³-hybridized carbons (Fsp3) is 0. The first-order valence-electron chi connectivity index (χ1n) is 2.75. The third-order valence-corrected chi connectivity index (χ3v) is 2.10. The monoisotopic (exact) mass is 155 g/mol. The highest BCUT2D eigenvalue weighted by atomic mass is 31.2. The van der Waals surface area contributed by atoms with Crippen LogP contribution in [0.2, 0.25) is 0 Å². The summed E-state index contributed by atoms with van der Waals surface area (Å²) in [6, 6.07) is 9.40. The van der Waals surface area contributed by atoms with Crippen molar-refractivity contribution in [3.05, 3.63) is 30.3 Å². The summed E-state index contributed by atoms with van der Waals surface area (Å²) in [5, 5.41) is 0.384. The maximum absolute atomic E-state index is 10.9. The van der Waals surface area contributed by atoms with E-state index in [1.54, 1.807) is 24.3 Å². The van der Waals surface area contributed by atoms with Gasteiger partial charge in [-0.05, 0) is 12.1 Å². The van der Waals surface area contributed by atoms with E-state index >= 15 is 0 Å². The van der Waals surface area contributed by atoms with Gasteiger partial charge in [-0.2, -0.15) is 0 Å². The molecule has 0 aromatic heterocycles. The first kappa shape index (κ1) is 7.48. The molecule has 0 amide bonds. The molecule has 53 valence electrons. The second-order valence-corrected chi connectivity index (χ2v) is 3.86. The van der Waals surface area contributed by atoms with Crippen LogP contribution in [0.1, 0.15) is 0 Å². The Kier molecular flexibility index (Phi) is 1.90. The lowest BCUT2D eigenvalue weighted by atomic mass is 10.4. The topological polar surface area (TPSA) is 69.1 Å². The molecule has 0 saturated heterocycles. The molecule has 3 nitrogen and oxygen atoms in total. The summed E-state index contributed by atoms with van der Waals surface area (Å²) in [7, 11) is -3.07. The van der Waals surface area contributed by atoms with Crippen molar-refractivity contribution < 1.29 is 4.57 Å². The molecule has 1 aromatic rings. The molecule has 0 bridgehead atoms. The lowest BCUT2D eigenvalue weighted by Crippen LogP contribution is -2.18. The predicted molar refractivity (Wildman–Crippen MR) is 40.9 cm³/mol. The molecule has 10 heavy (non-hydrogen) atoms. The molecule has 1 aromatic carbocycles. The Morgan fingerprint density at radius 3 is 2.40 bits per heavy atom. The fourth-order valence-electron chi connectivity index (χ4n) is 0.601. The van der Waals surface area contributed by atoms with Crippen LogP contribution < -0.4 is 16.3 Å². The quantitative estimate of drug-likeness (QED) is 0.570. The fourth-order valence-corrected chi connectivity index (χ4v) is 1.20. The van der Waals surface area contributed by atoms with Crippen LogP contribution in [0.5, 0.6) is 0 Å². The Labute approximate surface area is 59.5 Å². The van der Waals surface area contributed by atoms with Crippen LogP contribution >= 0.6 is 7.44 Å². The number of rotatable bonds is 1. The van der Waals surface area contributed by atoms with E-state index in [0.717, 1.165) is 0 Å². The average Bonchev–Trinajstić information content (AvgIpc) is 1.88. The molecular weight excluding hydrogens is 147 g/mol. The zero-order valence-corrected chi connectivity index (χ0v) is 6.21. The number of nitrogens with two attached hydrogens (primary N) is 2. The largest absolute Gasteiger partial charge is 0.284 e. The number of hydrogen-bond donors (Lipinski definition) is 2. The lowest BCUT2D eigenvalue weighted by Gasteiger charge is -2.03. The summed E-state index contributed by atoms with van der Waals surface area (Å²) < 4.78 is 10.9. The van der Waals surface area contributed by atoms with Gasteiger partial charge < -0.3 is 0 Å². The third kappa shape index (κ3) is 1.67. The highest BCUT2D eigenvalue weighted by Crippen LogP contribution is 2.22. The van der Waals surface area contributed by atoms with Gasteiger partial charge in [-0.3, -0.25) is 15.6 Å². The molecule has 0 atom stereocenters. The number of hydrogen-bond acceptors (Lipinski definition) is 1. The van der Waals surface area contributed by atoms with Crippen molar-refractivity contribution in [2.75, 3.05) is 0 Å². The molecule has 4 N–H and O–H groups in total. The van der Waals surface area contributed by atoms with Crippen LogP contribution in [-0.4, -0.2) is 0 Å². The highest BCUT2D eigenvalue weighted by molar-refractivity contribution is 7.67. The van der Waals surface area contributed by atoms with Gasteiger partial charge in [-0.25, -0.2) is 0 Å². The van der Waals surface area contributed by atoms with Gasteiger partial charge in [-0.1, -0.05) is 18.2 Å². The first-order chi connectivity index (χ1) is 4.61. The molecule has 0 saturated carbocycles. The van der Waals surface area contributed by atoms with Crippen LogP contribution in [0.3, 0.4) is 0 Å². The van der Waals surface area contributed by atoms with Crippen molar-refractivity contribution in [1.82, 2.24) is 0 Å². The Morgan fingerprint density at radius 1 is 1.40 bits per heavy atom. The first-order valence-corrected chi connectivity index (χ1v) is 4.60. The Morgan fingerprint density at radius 2 is 2.10 bits per heavy atom. The van der Waals surface area contributed by atoms with E-state index in [-0.39, 0.29) is 0 Å². The Hall–Kier alpha value is -0.630. The Bertz CT molecular complexity index is 254. The van der Waals surface area contributed by atoms with Gasteiger partial charge in [0.05, 0.1) is 0 Å². The summed E-state index contributed by atoms with van der Waals surface area (Å²) in [6.07, 6.45) is 0. The third-order valence-electron chi connectivity index (χ3n) is 1.07. The van der Waals surface area contributed by atoms with Crippen LogP contribution in [-0.2, 0) is 4.57 Å². The molecule has 0 fully saturated rings. The summed E-state index contributed by atoms with van der Waals surface area (Å²) in [5.74, 6) is 0. The second-order valence-electron chi connectivity index (χ2n) is 1.96. The van der Waals surface area contributed by atoms with E-state index in [4.69, 9.17) is 11.0 Å². The summed E-state index contributed by atoms with van der Waals surface area (Å²) in [4.78, 5) is 0. The van der Waals surface area contributed by atoms with E-state index in [0.29, 0.717) is 5.30 Å². The molecule has 1 rings (SSSR count). The zero-order chi connectivity index (χ0) is 7.61. The summed E-state index contributed by atoms with van der Waals surface area (Å²) in [5.41, 5.74) is 10.3. The molecule has 0 aliphatic rings. The maximum Gasteiger partial charge on any atom is 0.235 e. The SMILES string of the molecule is NP(N)(=O)c1[c]cccc1. The molecule has 0 spiro atoms. The van der Waals surface area contributed by atoms with E-state index in [1.165, 1.54) is 0 Å². The summed E-state index contributed by atoms with van der Waals surface area (Å²) >= 11 is 0. The number of benzene rings is 1. The average molecular weight is 155 g/mol. The lowest BCUT2D eigenvalue weighted by molar-refractivity contribution is 0.583. The standard InChI is InChI=1S/C6H8N2OP/c7-10(8,9)6-4-2-1-3-5-6/h1-4H,(H4,7,8,9). The maximum atomic E-state index is 10.9. The van der Waals surface area contributed by atoms with Crippen molar-refractivity contribution in [3.8, 4) is 0 Å². The van der Waals surface area contributed by atoms with Gasteiger partial charge in [0.15, 0.2) is 0 Å². The molecule has 0 aliphatic heterocycles. The van der Waals surface area contributed by atoms with Gasteiger partial charge in [0, 0.05) is 5.30 Å². The van der Waals surface area contributed by atoms with Crippen molar-refractivity contribution >= 4 is 12.7 Å². The van der Waals surface area contributed by atoms with Crippen LogP contribution in [0.15, 0.2) is 24.3 Å². The minimum absolute atomic E-state index is 0.384. The summed E-state index contributed by atoms with van der Waals surface area (Å²) in [6.45, 7) is 0. The highest BCUT2D eigenvalue weighted by Gasteiger charge is 2.10. The van der Waals surface area contributed by atoms with Gasteiger partial charge in [0.2, 0.25) is 7.44 Å². The van der Waals surface area contributed by atoms with Crippen LogP contribution in [0.25, 0.3) is 0 Å². The van der Waals surface area contributed by atoms with Crippen LogP contribution in [0.4, 0.5) is 0 Å². The van der Waals surface area contributed by atoms with Gasteiger partial charge in [0.25, 0.3) is 0 Å². The van der Waals surface area contributed by atoms with E-state index in [9.17, 15) is 4.57 Å². The van der Waals surface area contributed by atoms with Gasteiger partial charge in [0.1, 0.15) is 0 Å². The molecule has 1 radical (unpaired) electrons. The molecule has 0 heterocycles. The normalized spacial score (nSPS) is 11.4. The van der Waals surface area contributed by atoms with Gasteiger partial charge in [-0.15, -0.1) is 0 Å². The predicted octanol–water partition coefficient (Wildman–Crippen LogP) is 0.223. The molecule has 4 heteroatoms. The van der Waals surface area contributed by atoms with Gasteiger partial charge >= 0.3 is 0 Å². The molecule has 0 unspecified atom stereocenters. The van der Waals surface area contributed by atoms with Crippen LogP contribution in [0, 0.1) is 6.07 Å². The molecule has 0 aliphatic carbocycles. The minimum Gasteiger partial charge on any atom is -0.284 e. The van der Waals surface area contributed by atoms with Crippen molar-refractivity contribution in [3.63, 3.8) is 0 Å². The van der Waals surface area contributed by atoms with Crippen molar-refractivity contribution in [2.24, 2.45) is 11.0 Å². The van der Waals surface area contributed by atoms with E-state index in [1.807, 2.05) is 0 Å². The Balaban J connectivity index is 3.09. The van der Waals surface area contributed by atoms with Crippen molar-refractivity contribution in [2.45, 2.75) is 0 Å².